The van der Waals surface area contributed by atoms with Crippen LogP contribution in [0.4, 0.5) is 4.79 Å². The molecule has 1 aromatic carbocycles. The van der Waals surface area contributed by atoms with Gasteiger partial charge in [0.25, 0.3) is 17.7 Å². The number of hydrogen-bond donors (Lipinski definition) is 5. The lowest BCUT2D eigenvalue weighted by Crippen LogP contribution is -2.61. The number of imide groups is 2. The van der Waals surface area contributed by atoms with Gasteiger partial charge in [-0.2, -0.15) is 0 Å². The van der Waals surface area contributed by atoms with E-state index in [-0.39, 0.29) is 53.8 Å². The molecule has 2 heterocycles. The fourth-order valence-corrected chi connectivity index (χ4v) is 9.99. The molecule has 0 radical (unpaired) electrons. The van der Waals surface area contributed by atoms with Gasteiger partial charge in [-0.1, -0.05) is 51.0 Å². The summed E-state index contributed by atoms with van der Waals surface area (Å²) >= 11 is 0. The third-order valence-corrected chi connectivity index (χ3v) is 12.3. The summed E-state index contributed by atoms with van der Waals surface area (Å²) < 4.78 is 5.61. The molecule has 1 aromatic rings. The molecule has 14 nitrogen and oxygen atoms in total. The number of piperidine rings is 1. The van der Waals surface area contributed by atoms with Crippen molar-refractivity contribution in [3.63, 3.8) is 0 Å². The third-order valence-electron chi connectivity index (χ3n) is 12.3. The Labute approximate surface area is 329 Å². The zero-order chi connectivity index (χ0) is 39.5. The van der Waals surface area contributed by atoms with Gasteiger partial charge in [-0.25, -0.2) is 4.79 Å². The molecule has 4 bridgehead atoms. The number of rotatable bonds is 22. The zero-order valence-corrected chi connectivity index (χ0v) is 32.7. The summed E-state index contributed by atoms with van der Waals surface area (Å²) in [6.07, 6.45) is 19.6. The Morgan fingerprint density at radius 1 is 0.714 bits per heavy atom. The lowest BCUT2D eigenvalue weighted by Gasteiger charge is -2.56. The first kappa shape index (κ1) is 41.2. The molecule has 5 fully saturated rings. The van der Waals surface area contributed by atoms with Crippen molar-refractivity contribution >= 4 is 41.5 Å². The Morgan fingerprint density at radius 2 is 1.29 bits per heavy atom. The largest absolute Gasteiger partial charge is 0.483 e. The summed E-state index contributed by atoms with van der Waals surface area (Å²) in [5, 5.41) is 14.4. The van der Waals surface area contributed by atoms with Crippen molar-refractivity contribution in [1.82, 2.24) is 31.5 Å². The fourth-order valence-electron chi connectivity index (χ4n) is 9.99. The van der Waals surface area contributed by atoms with E-state index in [2.05, 4.69) is 26.6 Å². The van der Waals surface area contributed by atoms with E-state index in [4.69, 9.17) is 4.74 Å². The lowest BCUT2D eigenvalue weighted by atomic mass is 9.53. The van der Waals surface area contributed by atoms with Crippen molar-refractivity contribution in [1.29, 1.82) is 0 Å². The van der Waals surface area contributed by atoms with E-state index in [1.807, 2.05) is 0 Å². The highest BCUT2D eigenvalue weighted by atomic mass is 16.5. The van der Waals surface area contributed by atoms with Crippen LogP contribution in [0.15, 0.2) is 18.2 Å². The molecule has 1 saturated heterocycles. The molecule has 1 atom stereocenters. The van der Waals surface area contributed by atoms with Gasteiger partial charge in [-0.3, -0.25) is 39.0 Å². The number of ether oxygens (including phenoxy) is 1. The molecule has 56 heavy (non-hydrogen) atoms. The van der Waals surface area contributed by atoms with Crippen molar-refractivity contribution in [2.45, 2.75) is 140 Å². The predicted molar refractivity (Wildman–Crippen MR) is 207 cm³/mol. The molecule has 7 rings (SSSR count). The van der Waals surface area contributed by atoms with Crippen LogP contribution >= 0.6 is 0 Å². The Morgan fingerprint density at radius 3 is 1.93 bits per heavy atom. The van der Waals surface area contributed by atoms with Gasteiger partial charge in [0.1, 0.15) is 11.8 Å². The highest BCUT2D eigenvalue weighted by Crippen LogP contribution is 2.55. The van der Waals surface area contributed by atoms with E-state index in [1.54, 1.807) is 0 Å². The Bertz CT molecular complexity index is 1590. The van der Waals surface area contributed by atoms with Crippen molar-refractivity contribution in [2.24, 2.45) is 17.8 Å². The van der Waals surface area contributed by atoms with Crippen LogP contribution in [0.1, 0.15) is 149 Å². The fraction of sp³-hybridized carbons (Fsp3) is 0.690. The highest BCUT2D eigenvalue weighted by molar-refractivity contribution is 6.24. The number of carbonyl (C=O) groups is 7. The van der Waals surface area contributed by atoms with Gasteiger partial charge >= 0.3 is 6.03 Å². The minimum Gasteiger partial charge on any atom is -0.483 e. The van der Waals surface area contributed by atoms with Gasteiger partial charge in [0, 0.05) is 38.0 Å². The Balaban J connectivity index is 0.716. The Kier molecular flexibility index (Phi) is 14.4. The molecular weight excluding hydrogens is 716 g/mol. The van der Waals surface area contributed by atoms with E-state index < -0.39 is 35.6 Å². The number of carbonyl (C=O) groups excluding carboxylic acids is 7. The van der Waals surface area contributed by atoms with E-state index >= 15 is 0 Å². The number of fused-ring (bicyclic) bond motifs is 1. The van der Waals surface area contributed by atoms with E-state index in [9.17, 15) is 33.6 Å². The van der Waals surface area contributed by atoms with Crippen LogP contribution < -0.4 is 31.3 Å². The van der Waals surface area contributed by atoms with Crippen molar-refractivity contribution < 1.29 is 38.3 Å². The van der Waals surface area contributed by atoms with Gasteiger partial charge in [0.2, 0.25) is 17.7 Å². The van der Waals surface area contributed by atoms with Gasteiger partial charge in [0.05, 0.1) is 11.1 Å². The maximum Gasteiger partial charge on any atom is 0.315 e. The summed E-state index contributed by atoms with van der Waals surface area (Å²) in [6.45, 7) is 1.30. The summed E-state index contributed by atoms with van der Waals surface area (Å²) in [7, 11) is 0. The van der Waals surface area contributed by atoms with Crippen LogP contribution in [0.5, 0.6) is 5.75 Å². The summed E-state index contributed by atoms with van der Waals surface area (Å²) in [6, 6.07) is 3.43. The summed E-state index contributed by atoms with van der Waals surface area (Å²) in [5.41, 5.74) is 0.145. The molecular formula is C42H60N6O8. The number of nitrogens with one attached hydrogen (secondary N) is 5. The first-order valence-electron chi connectivity index (χ1n) is 21.2. The van der Waals surface area contributed by atoms with Gasteiger partial charge in [-0.15, -0.1) is 0 Å². The summed E-state index contributed by atoms with van der Waals surface area (Å²) in [4.78, 5) is 88.1. The average Bonchev–Trinajstić information content (AvgIpc) is 3.40. The smallest absolute Gasteiger partial charge is 0.315 e. The number of benzene rings is 1. The maximum absolute atomic E-state index is 13.2. The molecule has 14 heteroatoms. The van der Waals surface area contributed by atoms with Crippen LogP contribution in [-0.2, 0) is 19.2 Å². The molecule has 6 aliphatic rings. The molecule has 306 valence electrons. The van der Waals surface area contributed by atoms with Gasteiger partial charge in [-0.05, 0) is 101 Å². The molecule has 5 N–H and O–H groups in total. The zero-order valence-electron chi connectivity index (χ0n) is 32.7. The van der Waals surface area contributed by atoms with Crippen LogP contribution in [0.2, 0.25) is 0 Å². The molecule has 8 amide bonds. The second kappa shape index (κ2) is 19.6. The predicted octanol–water partition coefficient (Wildman–Crippen LogP) is 4.65. The van der Waals surface area contributed by atoms with Crippen LogP contribution in [0.25, 0.3) is 0 Å². The van der Waals surface area contributed by atoms with Crippen molar-refractivity contribution in [3.8, 4) is 5.75 Å². The quantitative estimate of drug-likeness (QED) is 0.0831. The first-order chi connectivity index (χ1) is 27.1. The SMILES string of the molecule is O=C(CCCCCCCCCCCNC(=O)NC12CC3CC(CC(C3)C1)C2)NCCCCNC(=O)COc1cccc2c1C(=O)N(C1CCC(=O)NC1=O)C2=O. The molecule has 4 aliphatic carbocycles. The molecule has 0 aromatic heterocycles. The first-order valence-corrected chi connectivity index (χ1v) is 21.2. The van der Waals surface area contributed by atoms with Gasteiger partial charge in [0.15, 0.2) is 6.61 Å². The number of amides is 8. The highest BCUT2D eigenvalue weighted by Gasteiger charge is 2.51. The Hall–Kier alpha value is -4.49. The average molecular weight is 777 g/mol. The molecule has 2 aliphatic heterocycles. The number of unbranched alkanes of at least 4 members (excludes halogenated alkanes) is 9. The van der Waals surface area contributed by atoms with Crippen LogP contribution in [0.3, 0.4) is 0 Å². The normalized spacial score (nSPS) is 24.8. The van der Waals surface area contributed by atoms with Crippen molar-refractivity contribution in [3.05, 3.63) is 29.3 Å². The second-order valence-electron chi connectivity index (χ2n) is 16.8. The number of hydrogen-bond acceptors (Lipinski definition) is 8. The van der Waals surface area contributed by atoms with E-state index in [0.717, 1.165) is 61.3 Å². The summed E-state index contributed by atoms with van der Waals surface area (Å²) in [5.74, 6) is -0.288. The van der Waals surface area contributed by atoms with E-state index in [0.29, 0.717) is 32.4 Å². The van der Waals surface area contributed by atoms with Crippen molar-refractivity contribution in [2.75, 3.05) is 26.2 Å². The molecule has 0 spiro atoms. The van der Waals surface area contributed by atoms with Crippen LogP contribution in [0, 0.1) is 17.8 Å². The maximum atomic E-state index is 13.2. The van der Waals surface area contributed by atoms with Crippen LogP contribution in [-0.4, -0.2) is 84.2 Å². The second-order valence-corrected chi connectivity index (χ2v) is 16.8. The van der Waals surface area contributed by atoms with Gasteiger partial charge < -0.3 is 26.0 Å². The monoisotopic (exact) mass is 776 g/mol. The lowest BCUT2D eigenvalue weighted by molar-refractivity contribution is -0.136. The minimum absolute atomic E-state index is 0.00838. The third kappa shape index (κ3) is 10.9. The van der Waals surface area contributed by atoms with E-state index in [1.165, 1.54) is 82.4 Å². The number of nitrogens with zero attached hydrogens (tertiary/aromatic N) is 1. The molecule has 4 saturated carbocycles. The molecule has 1 unspecified atom stereocenters. The number of urea groups is 1. The minimum atomic E-state index is -1.09. The topological polar surface area (TPSA) is 192 Å². The standard InChI is InChI=1S/C42H60N6O8/c49-34(15-8-6-4-2-1-3-5-7-9-20-45-41(55)47-42-24-28-21-29(25-42)23-30(22-28)26-42)43-18-10-11-19-44-36(51)27-56-33-14-12-13-31-37(33)40(54)48(39(31)53)32-16-17-35(50)46-38(32)52/h12-14,28-30,32H,1-11,15-27H2,(H,43,49)(H,44,51)(H2,45,47,55)(H,46,50,52).